The molecule has 1 aromatic heterocycles. The Balaban J connectivity index is 2.13. The number of aromatic nitrogens is 1. The molecule has 0 saturated heterocycles. The van der Waals surface area contributed by atoms with Crippen LogP contribution in [0.1, 0.15) is 21.5 Å². The molecule has 0 unspecified atom stereocenters. The molecule has 0 atom stereocenters. The third-order valence-electron chi connectivity index (χ3n) is 2.82. The van der Waals surface area contributed by atoms with Gasteiger partial charge in [0.05, 0.1) is 5.56 Å². The number of alkyl halides is 3. The minimum absolute atomic E-state index is 0.0921. The summed E-state index contributed by atoms with van der Waals surface area (Å²) in [5.74, 6) is -0.600. The predicted molar refractivity (Wildman–Crippen MR) is 71.3 cm³/mol. The van der Waals surface area contributed by atoms with Crippen LogP contribution in [-0.2, 0) is 12.7 Å². The van der Waals surface area contributed by atoms with Crippen LogP contribution in [0, 0.1) is 0 Å². The Morgan fingerprint density at radius 1 is 1.19 bits per heavy atom. The zero-order valence-electron chi connectivity index (χ0n) is 10.8. The lowest BCUT2D eigenvalue weighted by atomic mass is 10.1. The van der Waals surface area contributed by atoms with Gasteiger partial charge in [-0.15, -0.1) is 0 Å². The standard InChI is InChI=1S/C14H12F3N3O/c15-14(16,17)11-7-10(1-2-12(11)18)13(21)20-8-9-3-5-19-6-4-9/h1-7H,8,18H2,(H,20,21). The average Bonchev–Trinajstić information content (AvgIpc) is 2.45. The molecule has 1 amide bonds. The summed E-state index contributed by atoms with van der Waals surface area (Å²) in [6.07, 6.45) is -1.47. The lowest BCUT2D eigenvalue weighted by Crippen LogP contribution is -2.23. The largest absolute Gasteiger partial charge is 0.418 e. The van der Waals surface area contributed by atoms with Crippen molar-refractivity contribution in [3.8, 4) is 0 Å². The maximum absolute atomic E-state index is 12.7. The van der Waals surface area contributed by atoms with E-state index in [1.807, 2.05) is 0 Å². The molecule has 2 rings (SSSR count). The van der Waals surface area contributed by atoms with Gasteiger partial charge in [-0.2, -0.15) is 13.2 Å². The van der Waals surface area contributed by atoms with Crippen LogP contribution < -0.4 is 11.1 Å². The smallest absolute Gasteiger partial charge is 0.398 e. The zero-order valence-corrected chi connectivity index (χ0v) is 10.8. The molecule has 3 N–H and O–H groups in total. The molecule has 0 fully saturated rings. The number of benzene rings is 1. The van der Waals surface area contributed by atoms with E-state index in [1.54, 1.807) is 24.5 Å². The lowest BCUT2D eigenvalue weighted by Gasteiger charge is -2.12. The van der Waals surface area contributed by atoms with E-state index in [2.05, 4.69) is 10.3 Å². The number of hydrogen-bond donors (Lipinski definition) is 2. The number of halogens is 3. The van der Waals surface area contributed by atoms with E-state index in [1.165, 1.54) is 6.07 Å². The van der Waals surface area contributed by atoms with Crippen LogP contribution >= 0.6 is 0 Å². The normalized spacial score (nSPS) is 11.2. The fourth-order valence-electron chi connectivity index (χ4n) is 1.73. The number of nitrogens with zero attached hydrogens (tertiary/aromatic N) is 1. The molecule has 110 valence electrons. The Labute approximate surface area is 118 Å². The van der Waals surface area contributed by atoms with Crippen LogP contribution in [0.15, 0.2) is 42.7 Å². The molecule has 0 spiro atoms. The van der Waals surface area contributed by atoms with Gasteiger partial charge in [-0.25, -0.2) is 0 Å². The summed E-state index contributed by atoms with van der Waals surface area (Å²) < 4.78 is 38.2. The molecule has 0 saturated carbocycles. The maximum atomic E-state index is 12.7. The minimum Gasteiger partial charge on any atom is -0.398 e. The second-order valence-electron chi connectivity index (χ2n) is 4.34. The molecule has 21 heavy (non-hydrogen) atoms. The van der Waals surface area contributed by atoms with Gasteiger partial charge < -0.3 is 11.1 Å². The van der Waals surface area contributed by atoms with Gasteiger partial charge in [-0.3, -0.25) is 9.78 Å². The molecule has 0 aliphatic heterocycles. The van der Waals surface area contributed by atoms with Gasteiger partial charge in [0.25, 0.3) is 5.91 Å². The number of pyridine rings is 1. The van der Waals surface area contributed by atoms with Gasteiger partial charge in [0.15, 0.2) is 0 Å². The number of carbonyl (C=O) groups excluding carboxylic acids is 1. The summed E-state index contributed by atoms with van der Waals surface area (Å²) in [7, 11) is 0. The highest BCUT2D eigenvalue weighted by atomic mass is 19.4. The zero-order chi connectivity index (χ0) is 15.5. The van der Waals surface area contributed by atoms with Crippen molar-refractivity contribution in [2.24, 2.45) is 0 Å². The number of carbonyl (C=O) groups is 1. The highest BCUT2D eigenvalue weighted by Crippen LogP contribution is 2.33. The summed E-state index contributed by atoms with van der Waals surface area (Å²) in [4.78, 5) is 15.7. The molecule has 0 radical (unpaired) electrons. The van der Waals surface area contributed by atoms with Crippen molar-refractivity contribution in [2.45, 2.75) is 12.7 Å². The van der Waals surface area contributed by atoms with Crippen molar-refractivity contribution >= 4 is 11.6 Å². The second-order valence-corrected chi connectivity index (χ2v) is 4.34. The molecule has 0 aliphatic carbocycles. The van der Waals surface area contributed by atoms with Gasteiger partial charge in [-0.1, -0.05) is 0 Å². The quantitative estimate of drug-likeness (QED) is 0.855. The molecular formula is C14H12F3N3O. The fraction of sp³-hybridized carbons (Fsp3) is 0.143. The first-order valence-corrected chi connectivity index (χ1v) is 6.02. The van der Waals surface area contributed by atoms with Crippen molar-refractivity contribution in [1.29, 1.82) is 0 Å². The summed E-state index contributed by atoms with van der Waals surface area (Å²) >= 11 is 0. The molecule has 1 aromatic carbocycles. The molecule has 1 heterocycles. The average molecular weight is 295 g/mol. The first-order chi connectivity index (χ1) is 9.88. The molecular weight excluding hydrogens is 283 g/mol. The number of amides is 1. The monoisotopic (exact) mass is 295 g/mol. The Kier molecular flexibility index (Phi) is 4.11. The third kappa shape index (κ3) is 3.71. The van der Waals surface area contributed by atoms with Crippen LogP contribution in [0.5, 0.6) is 0 Å². The summed E-state index contributed by atoms with van der Waals surface area (Å²) in [5.41, 5.74) is 4.56. The molecule has 4 nitrogen and oxygen atoms in total. The van der Waals surface area contributed by atoms with E-state index < -0.39 is 23.3 Å². The molecule has 7 heteroatoms. The van der Waals surface area contributed by atoms with E-state index in [0.29, 0.717) is 0 Å². The summed E-state index contributed by atoms with van der Waals surface area (Å²) in [5, 5.41) is 2.54. The molecule has 2 aromatic rings. The van der Waals surface area contributed by atoms with Crippen LogP contribution in [0.3, 0.4) is 0 Å². The van der Waals surface area contributed by atoms with E-state index in [4.69, 9.17) is 5.73 Å². The Hall–Kier alpha value is -2.57. The highest BCUT2D eigenvalue weighted by molar-refractivity contribution is 5.94. The van der Waals surface area contributed by atoms with Gasteiger partial charge in [0.2, 0.25) is 0 Å². The van der Waals surface area contributed by atoms with E-state index in [0.717, 1.165) is 17.7 Å². The van der Waals surface area contributed by atoms with Crippen molar-refractivity contribution < 1.29 is 18.0 Å². The fourth-order valence-corrected chi connectivity index (χ4v) is 1.73. The number of anilines is 1. The topological polar surface area (TPSA) is 68.0 Å². The van der Waals surface area contributed by atoms with Crippen molar-refractivity contribution in [3.05, 3.63) is 59.4 Å². The number of rotatable bonds is 3. The third-order valence-corrected chi connectivity index (χ3v) is 2.82. The van der Waals surface area contributed by atoms with Crippen molar-refractivity contribution in [3.63, 3.8) is 0 Å². The van der Waals surface area contributed by atoms with E-state index in [-0.39, 0.29) is 12.1 Å². The van der Waals surface area contributed by atoms with Gasteiger partial charge in [-0.05, 0) is 35.9 Å². The predicted octanol–water partition coefficient (Wildman–Crippen LogP) is 2.61. The van der Waals surface area contributed by atoms with Crippen LogP contribution in [0.4, 0.5) is 18.9 Å². The van der Waals surface area contributed by atoms with Crippen molar-refractivity contribution in [1.82, 2.24) is 10.3 Å². The lowest BCUT2D eigenvalue weighted by molar-refractivity contribution is -0.136. The maximum Gasteiger partial charge on any atom is 0.418 e. The Bertz CT molecular complexity index is 642. The van der Waals surface area contributed by atoms with E-state index in [9.17, 15) is 18.0 Å². The van der Waals surface area contributed by atoms with Gasteiger partial charge in [0, 0.05) is 30.2 Å². The molecule has 0 aliphatic rings. The first-order valence-electron chi connectivity index (χ1n) is 6.02. The van der Waals surface area contributed by atoms with Gasteiger partial charge in [0.1, 0.15) is 0 Å². The van der Waals surface area contributed by atoms with Crippen LogP contribution in [0.25, 0.3) is 0 Å². The Morgan fingerprint density at radius 3 is 2.48 bits per heavy atom. The SMILES string of the molecule is Nc1ccc(C(=O)NCc2ccncc2)cc1C(F)(F)F. The summed E-state index contributed by atoms with van der Waals surface area (Å²) in [6.45, 7) is 0.201. The van der Waals surface area contributed by atoms with E-state index >= 15 is 0 Å². The number of nitrogen functional groups attached to an aromatic ring is 1. The number of hydrogen-bond acceptors (Lipinski definition) is 3. The number of nitrogens with one attached hydrogen (secondary N) is 1. The first kappa shape index (κ1) is 14.8. The van der Waals surface area contributed by atoms with Gasteiger partial charge >= 0.3 is 6.18 Å². The summed E-state index contributed by atoms with van der Waals surface area (Å²) in [6, 6.07) is 6.47. The minimum atomic E-state index is -4.59. The Morgan fingerprint density at radius 2 is 1.86 bits per heavy atom. The molecule has 0 bridgehead atoms. The highest BCUT2D eigenvalue weighted by Gasteiger charge is 2.33. The van der Waals surface area contributed by atoms with Crippen LogP contribution in [-0.4, -0.2) is 10.9 Å². The van der Waals surface area contributed by atoms with Crippen molar-refractivity contribution in [2.75, 3.05) is 5.73 Å². The van der Waals surface area contributed by atoms with Crippen LogP contribution in [0.2, 0.25) is 0 Å². The number of nitrogens with two attached hydrogens (primary N) is 1. The second kappa shape index (κ2) is 5.82.